The number of hydrogen-bond donors (Lipinski definition) is 0. The molecule has 1 aromatic carbocycles. The number of fused-ring (bicyclic) bond motifs is 1. The van der Waals surface area contributed by atoms with Gasteiger partial charge in [0.2, 0.25) is 0 Å². The second kappa shape index (κ2) is 4.78. The van der Waals surface area contributed by atoms with Crippen molar-refractivity contribution < 1.29 is 4.79 Å². The number of benzene rings is 1. The summed E-state index contributed by atoms with van der Waals surface area (Å²) in [7, 11) is 0. The lowest BCUT2D eigenvalue weighted by Crippen LogP contribution is -2.24. The van der Waals surface area contributed by atoms with Gasteiger partial charge in [-0.05, 0) is 36.2 Å². The van der Waals surface area contributed by atoms with Crippen molar-refractivity contribution in [1.82, 2.24) is 9.88 Å². The molecule has 0 saturated heterocycles. The number of halogens is 1. The third-order valence-electron chi connectivity index (χ3n) is 3.41. The number of aryl methyl sites for hydroxylation is 1. The van der Waals surface area contributed by atoms with Crippen LogP contribution in [-0.2, 0) is 13.1 Å². The zero-order chi connectivity index (χ0) is 13.4. The summed E-state index contributed by atoms with van der Waals surface area (Å²) in [6, 6.07) is 9.98. The monoisotopic (exact) mass is 316 g/mol. The predicted molar refractivity (Wildman–Crippen MR) is 76.7 cm³/mol. The summed E-state index contributed by atoms with van der Waals surface area (Å²) < 4.78 is 1.06. The van der Waals surface area contributed by atoms with Gasteiger partial charge in [0.1, 0.15) is 5.69 Å². The molecule has 0 bridgehead atoms. The van der Waals surface area contributed by atoms with E-state index >= 15 is 0 Å². The van der Waals surface area contributed by atoms with Gasteiger partial charge in [-0.2, -0.15) is 0 Å². The summed E-state index contributed by atoms with van der Waals surface area (Å²) in [5.41, 5.74) is 3.97. The summed E-state index contributed by atoms with van der Waals surface area (Å²) in [5.74, 6) is 0.0259. The van der Waals surface area contributed by atoms with Gasteiger partial charge in [0, 0.05) is 29.3 Å². The Labute approximate surface area is 120 Å². The average Bonchev–Trinajstić information content (AvgIpc) is 2.70. The zero-order valence-electron chi connectivity index (χ0n) is 10.6. The summed E-state index contributed by atoms with van der Waals surface area (Å²) in [4.78, 5) is 18.2. The largest absolute Gasteiger partial charge is 0.329 e. The van der Waals surface area contributed by atoms with Gasteiger partial charge >= 0.3 is 0 Å². The van der Waals surface area contributed by atoms with Gasteiger partial charge in [0.05, 0.1) is 0 Å². The van der Waals surface area contributed by atoms with Crippen LogP contribution in [0.15, 0.2) is 41.0 Å². The molecular formula is C15H13BrN2O. The molecule has 0 atom stereocenters. The highest BCUT2D eigenvalue weighted by molar-refractivity contribution is 9.10. The van der Waals surface area contributed by atoms with Crippen molar-refractivity contribution in [2.45, 2.75) is 20.0 Å². The molecule has 0 saturated carbocycles. The third-order valence-corrected chi connectivity index (χ3v) is 3.90. The molecule has 3 nitrogen and oxygen atoms in total. The molecule has 1 aliphatic heterocycles. The van der Waals surface area contributed by atoms with Gasteiger partial charge in [-0.3, -0.25) is 9.78 Å². The van der Waals surface area contributed by atoms with Crippen LogP contribution in [0.5, 0.6) is 0 Å². The molecular weight excluding hydrogens is 304 g/mol. The number of carbonyl (C=O) groups is 1. The first-order chi connectivity index (χ1) is 9.15. The molecule has 19 heavy (non-hydrogen) atoms. The van der Waals surface area contributed by atoms with Crippen LogP contribution in [0.3, 0.4) is 0 Å². The Kier molecular flexibility index (Phi) is 3.11. The van der Waals surface area contributed by atoms with Crippen LogP contribution in [-0.4, -0.2) is 15.8 Å². The fraction of sp³-hybridized carbons (Fsp3) is 0.200. The first kappa shape index (κ1) is 12.4. The lowest BCUT2D eigenvalue weighted by Gasteiger charge is -2.17. The van der Waals surface area contributed by atoms with Gasteiger partial charge < -0.3 is 4.90 Å². The molecule has 0 fully saturated rings. The summed E-state index contributed by atoms with van der Waals surface area (Å²) in [6.45, 7) is 3.35. The highest BCUT2D eigenvalue weighted by Gasteiger charge is 2.28. The van der Waals surface area contributed by atoms with Crippen molar-refractivity contribution >= 4 is 21.8 Å². The number of nitrogens with zero attached hydrogens (tertiary/aromatic N) is 2. The molecule has 4 heteroatoms. The van der Waals surface area contributed by atoms with Crippen molar-refractivity contribution in [1.29, 1.82) is 0 Å². The van der Waals surface area contributed by atoms with Crippen molar-refractivity contribution in [2.75, 3.05) is 0 Å². The van der Waals surface area contributed by atoms with Gasteiger partial charge in [-0.15, -0.1) is 0 Å². The first-order valence-corrected chi connectivity index (χ1v) is 6.92. The maximum atomic E-state index is 12.2. The Morgan fingerprint density at radius 1 is 1.37 bits per heavy atom. The van der Waals surface area contributed by atoms with E-state index in [1.54, 1.807) is 6.20 Å². The fourth-order valence-electron chi connectivity index (χ4n) is 2.36. The minimum absolute atomic E-state index is 0.0259. The minimum Gasteiger partial charge on any atom is -0.329 e. The maximum absolute atomic E-state index is 12.2. The standard InChI is InChI=1S/C15H13BrN2O/c1-10-7-13(16)5-4-11(10)8-18-9-12-3-2-6-17-14(12)15(18)19/h2-7H,8-9H2,1H3. The summed E-state index contributed by atoms with van der Waals surface area (Å²) in [6.07, 6.45) is 1.67. The Morgan fingerprint density at radius 3 is 2.95 bits per heavy atom. The number of hydrogen-bond acceptors (Lipinski definition) is 2. The van der Waals surface area contributed by atoms with E-state index in [-0.39, 0.29) is 5.91 Å². The van der Waals surface area contributed by atoms with Crippen molar-refractivity contribution in [3.63, 3.8) is 0 Å². The molecule has 2 heterocycles. The molecule has 3 rings (SSSR count). The number of carbonyl (C=O) groups excluding carboxylic acids is 1. The van der Waals surface area contributed by atoms with Gasteiger partial charge in [0.15, 0.2) is 0 Å². The smallest absolute Gasteiger partial charge is 0.273 e. The van der Waals surface area contributed by atoms with Crippen molar-refractivity contribution in [2.24, 2.45) is 0 Å². The van der Waals surface area contributed by atoms with E-state index in [1.165, 1.54) is 11.1 Å². The Bertz CT molecular complexity index is 654. The fourth-order valence-corrected chi connectivity index (χ4v) is 2.83. The topological polar surface area (TPSA) is 33.2 Å². The lowest BCUT2D eigenvalue weighted by molar-refractivity contribution is 0.0762. The van der Waals surface area contributed by atoms with E-state index < -0.39 is 0 Å². The van der Waals surface area contributed by atoms with E-state index in [2.05, 4.69) is 40.0 Å². The summed E-state index contributed by atoms with van der Waals surface area (Å²) >= 11 is 3.45. The Hall–Kier alpha value is -1.68. The maximum Gasteiger partial charge on any atom is 0.273 e. The van der Waals surface area contributed by atoms with Crippen LogP contribution >= 0.6 is 15.9 Å². The predicted octanol–water partition coefficient (Wildman–Crippen LogP) is 3.31. The molecule has 1 aliphatic rings. The van der Waals surface area contributed by atoms with Gasteiger partial charge in [-0.1, -0.05) is 28.1 Å². The van der Waals surface area contributed by atoms with Crippen LogP contribution in [0.2, 0.25) is 0 Å². The zero-order valence-corrected chi connectivity index (χ0v) is 12.1. The number of pyridine rings is 1. The molecule has 0 radical (unpaired) electrons. The number of aromatic nitrogens is 1. The molecule has 0 unspecified atom stereocenters. The number of rotatable bonds is 2. The second-order valence-corrected chi connectivity index (χ2v) is 5.66. The van der Waals surface area contributed by atoms with Crippen LogP contribution < -0.4 is 0 Å². The van der Waals surface area contributed by atoms with Crippen LogP contribution in [0, 0.1) is 6.92 Å². The quantitative estimate of drug-likeness (QED) is 0.851. The SMILES string of the molecule is Cc1cc(Br)ccc1CN1Cc2cccnc2C1=O. The van der Waals surface area contributed by atoms with E-state index in [1.807, 2.05) is 23.1 Å². The molecule has 0 N–H and O–H groups in total. The van der Waals surface area contributed by atoms with E-state index in [0.717, 1.165) is 10.0 Å². The van der Waals surface area contributed by atoms with E-state index in [4.69, 9.17) is 0 Å². The highest BCUT2D eigenvalue weighted by Crippen LogP contribution is 2.24. The Balaban J connectivity index is 1.85. The molecule has 1 amide bonds. The van der Waals surface area contributed by atoms with Crippen LogP contribution in [0.4, 0.5) is 0 Å². The first-order valence-electron chi connectivity index (χ1n) is 6.13. The molecule has 1 aromatic heterocycles. The van der Waals surface area contributed by atoms with Gasteiger partial charge in [0.25, 0.3) is 5.91 Å². The molecule has 0 aliphatic carbocycles. The van der Waals surface area contributed by atoms with Crippen molar-refractivity contribution in [3.8, 4) is 0 Å². The van der Waals surface area contributed by atoms with E-state index in [0.29, 0.717) is 18.8 Å². The van der Waals surface area contributed by atoms with E-state index in [9.17, 15) is 4.79 Å². The highest BCUT2D eigenvalue weighted by atomic mass is 79.9. The van der Waals surface area contributed by atoms with Gasteiger partial charge in [-0.25, -0.2) is 0 Å². The summed E-state index contributed by atoms with van der Waals surface area (Å²) in [5, 5.41) is 0. The lowest BCUT2D eigenvalue weighted by atomic mass is 10.1. The minimum atomic E-state index is 0.0259. The van der Waals surface area contributed by atoms with Crippen LogP contribution in [0.25, 0.3) is 0 Å². The third kappa shape index (κ3) is 2.28. The molecule has 96 valence electrons. The molecule has 2 aromatic rings. The van der Waals surface area contributed by atoms with Crippen LogP contribution in [0.1, 0.15) is 27.2 Å². The second-order valence-electron chi connectivity index (χ2n) is 4.74. The van der Waals surface area contributed by atoms with Crippen molar-refractivity contribution in [3.05, 3.63) is 63.4 Å². The molecule has 0 spiro atoms. The normalized spacial score (nSPS) is 13.8. The average molecular weight is 317 g/mol. The number of amides is 1. The Morgan fingerprint density at radius 2 is 2.21 bits per heavy atom.